The van der Waals surface area contributed by atoms with E-state index in [1.165, 1.54) is 5.56 Å². The maximum Gasteiger partial charge on any atom is 0.129 e. The number of hydrogen-bond acceptors (Lipinski definition) is 1. The van der Waals surface area contributed by atoms with E-state index in [4.69, 9.17) is 0 Å². The lowest BCUT2D eigenvalue weighted by atomic mass is 9.92. The molecule has 0 aromatic heterocycles. The minimum absolute atomic E-state index is 0.420. The largest absolute Gasteiger partial charge is 0.382 e. The molecule has 2 heteroatoms. The van der Waals surface area contributed by atoms with Gasteiger partial charge in [0.15, 0.2) is 0 Å². The highest BCUT2D eigenvalue weighted by Gasteiger charge is 2.28. The Labute approximate surface area is 78.0 Å². The third kappa shape index (κ3) is 1.67. The molecule has 70 valence electrons. The first-order valence-corrected chi connectivity index (χ1v) is 4.59. The lowest BCUT2D eigenvalue weighted by molar-refractivity contribution is 0.202. The minimum Gasteiger partial charge on any atom is -0.382 e. The van der Waals surface area contributed by atoms with Crippen LogP contribution in [-0.2, 0) is 6.42 Å². The van der Waals surface area contributed by atoms with Crippen LogP contribution in [-0.4, -0.2) is 12.2 Å². The van der Waals surface area contributed by atoms with Gasteiger partial charge < -0.3 is 5.32 Å². The van der Waals surface area contributed by atoms with Crippen molar-refractivity contribution in [1.29, 1.82) is 0 Å². The van der Waals surface area contributed by atoms with Crippen LogP contribution in [0.4, 0.5) is 10.1 Å². The van der Waals surface area contributed by atoms with Crippen molar-refractivity contribution in [1.82, 2.24) is 0 Å². The van der Waals surface area contributed by atoms with Crippen molar-refractivity contribution < 1.29 is 4.39 Å². The zero-order chi connectivity index (χ0) is 9.47. The van der Waals surface area contributed by atoms with E-state index in [9.17, 15) is 4.39 Å². The average molecular weight is 179 g/mol. The van der Waals surface area contributed by atoms with Crippen molar-refractivity contribution in [3.63, 3.8) is 0 Å². The quantitative estimate of drug-likeness (QED) is 0.645. The first kappa shape index (κ1) is 8.54. The normalized spacial score (nSPS) is 26.4. The molecule has 2 rings (SSSR count). The number of fused-ring (bicyclic) bond motifs is 1. The van der Waals surface area contributed by atoms with E-state index in [0.717, 1.165) is 11.3 Å². The molecule has 1 nitrogen and oxygen atoms in total. The molecule has 1 unspecified atom stereocenters. The van der Waals surface area contributed by atoms with Crippen molar-refractivity contribution in [2.45, 2.75) is 25.9 Å². The van der Waals surface area contributed by atoms with Crippen molar-refractivity contribution in [3.8, 4) is 0 Å². The van der Waals surface area contributed by atoms with E-state index in [2.05, 4.69) is 11.4 Å². The fraction of sp³-hybridized carbons (Fsp3) is 0.455. The summed E-state index contributed by atoms with van der Waals surface area (Å²) < 4.78 is 13.6. The summed E-state index contributed by atoms with van der Waals surface area (Å²) in [5.41, 5.74) is 2.27. The van der Waals surface area contributed by atoms with E-state index in [1.807, 2.05) is 19.1 Å². The number of halogens is 1. The van der Waals surface area contributed by atoms with Gasteiger partial charge in [-0.15, -0.1) is 0 Å². The van der Waals surface area contributed by atoms with Crippen LogP contribution >= 0.6 is 0 Å². The average Bonchev–Trinajstić information content (AvgIpc) is 2.01. The Morgan fingerprint density at radius 2 is 2.23 bits per heavy atom. The molecule has 1 N–H and O–H groups in total. The molecule has 1 aliphatic rings. The lowest BCUT2D eigenvalue weighted by Gasteiger charge is -2.29. The molecule has 1 aromatic rings. The van der Waals surface area contributed by atoms with Gasteiger partial charge in [-0.3, -0.25) is 0 Å². The molecule has 0 radical (unpaired) electrons. The predicted molar refractivity (Wildman–Crippen MR) is 52.9 cm³/mol. The Kier molecular flexibility index (Phi) is 1.79. The molecule has 0 saturated heterocycles. The van der Waals surface area contributed by atoms with Crippen molar-refractivity contribution in [2.75, 3.05) is 11.9 Å². The predicted octanol–water partition coefficient (Wildman–Crippen LogP) is 2.69. The fourth-order valence-electron chi connectivity index (χ4n) is 1.78. The van der Waals surface area contributed by atoms with Crippen molar-refractivity contribution >= 4 is 5.69 Å². The summed E-state index contributed by atoms with van der Waals surface area (Å²) in [7, 11) is 0. The Morgan fingerprint density at radius 3 is 3.00 bits per heavy atom. The zero-order valence-corrected chi connectivity index (χ0v) is 8.02. The molecule has 1 heterocycles. The van der Waals surface area contributed by atoms with Crippen molar-refractivity contribution in [2.24, 2.45) is 0 Å². The molecule has 1 aromatic carbocycles. The van der Waals surface area contributed by atoms with Crippen LogP contribution in [0.15, 0.2) is 18.2 Å². The summed E-state index contributed by atoms with van der Waals surface area (Å²) in [6, 6.07) is 6.13. The van der Waals surface area contributed by atoms with Crippen molar-refractivity contribution in [3.05, 3.63) is 29.3 Å². The summed E-state index contributed by atoms with van der Waals surface area (Å²) in [6.45, 7) is 4.10. The van der Waals surface area contributed by atoms with E-state index < -0.39 is 5.67 Å². The van der Waals surface area contributed by atoms with Gasteiger partial charge in [-0.2, -0.15) is 0 Å². The van der Waals surface area contributed by atoms with Crippen LogP contribution in [0.25, 0.3) is 0 Å². The number of benzene rings is 1. The highest BCUT2D eigenvalue weighted by molar-refractivity contribution is 5.55. The standard InChI is InChI=1S/C11H14FN/c1-8-3-4-10-9(5-8)6-11(2,12)7-13-10/h3-5,13H,6-7H2,1-2H3. The smallest absolute Gasteiger partial charge is 0.129 e. The molecule has 0 amide bonds. The van der Waals surface area contributed by atoms with Gasteiger partial charge in [-0.05, 0) is 25.5 Å². The first-order chi connectivity index (χ1) is 6.07. The fourth-order valence-corrected chi connectivity index (χ4v) is 1.78. The third-order valence-electron chi connectivity index (χ3n) is 2.47. The number of anilines is 1. The van der Waals surface area contributed by atoms with E-state index >= 15 is 0 Å². The van der Waals surface area contributed by atoms with E-state index in [-0.39, 0.29) is 0 Å². The number of rotatable bonds is 0. The number of aryl methyl sites for hydroxylation is 1. The Bertz CT molecular complexity index is 331. The van der Waals surface area contributed by atoms with E-state index in [0.29, 0.717) is 13.0 Å². The van der Waals surface area contributed by atoms with Crippen LogP contribution in [0.3, 0.4) is 0 Å². The van der Waals surface area contributed by atoms with Crippen LogP contribution in [0.5, 0.6) is 0 Å². The van der Waals surface area contributed by atoms with Crippen LogP contribution in [0.1, 0.15) is 18.1 Å². The SMILES string of the molecule is Cc1ccc2c(c1)CC(C)(F)CN2. The molecule has 1 aliphatic heterocycles. The summed E-state index contributed by atoms with van der Waals surface area (Å²) in [4.78, 5) is 0. The minimum atomic E-state index is -1.10. The number of nitrogens with one attached hydrogen (secondary N) is 1. The highest BCUT2D eigenvalue weighted by Crippen LogP contribution is 2.29. The zero-order valence-electron chi connectivity index (χ0n) is 8.02. The van der Waals surface area contributed by atoms with Gasteiger partial charge in [0, 0.05) is 18.7 Å². The second kappa shape index (κ2) is 2.72. The van der Waals surface area contributed by atoms with Gasteiger partial charge in [0.1, 0.15) is 5.67 Å². The second-order valence-electron chi connectivity index (χ2n) is 4.10. The first-order valence-electron chi connectivity index (χ1n) is 4.59. The monoisotopic (exact) mass is 179 g/mol. The molecular weight excluding hydrogens is 165 g/mol. The van der Waals surface area contributed by atoms with Gasteiger partial charge in [0.25, 0.3) is 0 Å². The molecule has 0 aliphatic carbocycles. The van der Waals surface area contributed by atoms with E-state index in [1.54, 1.807) is 6.92 Å². The maximum absolute atomic E-state index is 13.6. The number of hydrogen-bond donors (Lipinski definition) is 1. The van der Waals surface area contributed by atoms with Gasteiger partial charge >= 0.3 is 0 Å². The lowest BCUT2D eigenvalue weighted by Crippen LogP contribution is -2.35. The Hall–Kier alpha value is -1.05. The van der Waals surface area contributed by atoms with Crippen LogP contribution in [0.2, 0.25) is 0 Å². The van der Waals surface area contributed by atoms with Gasteiger partial charge in [-0.1, -0.05) is 17.7 Å². The molecule has 0 fully saturated rings. The Morgan fingerprint density at radius 1 is 1.46 bits per heavy atom. The van der Waals surface area contributed by atoms with Crippen LogP contribution in [0, 0.1) is 6.92 Å². The second-order valence-corrected chi connectivity index (χ2v) is 4.10. The molecular formula is C11H14FN. The highest BCUT2D eigenvalue weighted by atomic mass is 19.1. The topological polar surface area (TPSA) is 12.0 Å². The van der Waals surface area contributed by atoms with Gasteiger partial charge in [0.05, 0.1) is 0 Å². The molecule has 0 saturated carbocycles. The molecule has 0 spiro atoms. The summed E-state index contributed by atoms with van der Waals surface area (Å²) in [5, 5.41) is 3.11. The summed E-state index contributed by atoms with van der Waals surface area (Å²) >= 11 is 0. The van der Waals surface area contributed by atoms with Gasteiger partial charge in [-0.25, -0.2) is 4.39 Å². The molecule has 13 heavy (non-hydrogen) atoms. The molecule has 0 bridgehead atoms. The van der Waals surface area contributed by atoms with Gasteiger partial charge in [0.2, 0.25) is 0 Å². The maximum atomic E-state index is 13.6. The summed E-state index contributed by atoms with van der Waals surface area (Å²) in [6.07, 6.45) is 0.525. The van der Waals surface area contributed by atoms with Crippen LogP contribution < -0.4 is 5.32 Å². The molecule has 1 atom stereocenters. The third-order valence-corrected chi connectivity index (χ3v) is 2.47. The number of alkyl halides is 1. The summed E-state index contributed by atoms with van der Waals surface area (Å²) in [5.74, 6) is 0. The Balaban J connectivity index is 2.38.